The molecule has 2 aromatic rings. The van der Waals surface area contributed by atoms with Crippen LogP contribution in [0.1, 0.15) is 41.5 Å². The van der Waals surface area contributed by atoms with E-state index in [0.717, 1.165) is 5.56 Å². The van der Waals surface area contributed by atoms with Crippen molar-refractivity contribution in [3.8, 4) is 5.75 Å². The zero-order chi connectivity index (χ0) is 21.4. The first-order chi connectivity index (χ1) is 13.8. The minimum absolute atomic E-state index is 0.242. The Bertz CT molecular complexity index is 819. The lowest BCUT2D eigenvalue weighted by atomic mass is 10.1. The van der Waals surface area contributed by atoms with Crippen molar-refractivity contribution >= 4 is 5.91 Å². The van der Waals surface area contributed by atoms with Crippen molar-refractivity contribution in [2.75, 3.05) is 6.61 Å². The molecule has 1 atom stereocenters. The number of carbonyl (C=O) groups is 1. The van der Waals surface area contributed by atoms with Gasteiger partial charge in [-0.3, -0.25) is 10.0 Å². The van der Waals surface area contributed by atoms with E-state index in [1.807, 2.05) is 0 Å². The molecule has 0 spiro atoms. The normalized spacial score (nSPS) is 11.9. The van der Waals surface area contributed by atoms with Gasteiger partial charge in [0.1, 0.15) is 17.4 Å². The van der Waals surface area contributed by atoms with Crippen LogP contribution in [0, 0.1) is 32.4 Å². The third-order valence-corrected chi connectivity index (χ3v) is 4.59. The van der Waals surface area contributed by atoms with Gasteiger partial charge in [0.2, 0.25) is 0 Å². The molecule has 5 nitrogen and oxygen atoms in total. The highest BCUT2D eigenvalue weighted by molar-refractivity contribution is 5.79. The van der Waals surface area contributed by atoms with E-state index in [2.05, 4.69) is 0 Å². The number of unbranched alkanes of at least 4 members (excludes halogenated alkanes) is 1. The van der Waals surface area contributed by atoms with Crippen LogP contribution in [0.25, 0.3) is 0 Å². The van der Waals surface area contributed by atoms with Crippen LogP contribution in [0.2, 0.25) is 0 Å². The van der Waals surface area contributed by atoms with Crippen LogP contribution in [0.15, 0.2) is 30.3 Å². The summed E-state index contributed by atoms with van der Waals surface area (Å²) in [5, 5.41) is 8.95. The average Bonchev–Trinajstić information content (AvgIpc) is 2.69. The first-order valence-electron chi connectivity index (χ1n) is 9.52. The van der Waals surface area contributed by atoms with Gasteiger partial charge in [-0.15, -0.1) is 0 Å². The molecule has 2 rings (SSSR count). The molecule has 0 aromatic heterocycles. The molecule has 0 aliphatic rings. The number of amides is 1. The minimum atomic E-state index is -0.899. The maximum absolute atomic E-state index is 13.8. The predicted molar refractivity (Wildman–Crippen MR) is 105 cm³/mol. The van der Waals surface area contributed by atoms with Crippen molar-refractivity contribution in [3.63, 3.8) is 0 Å². The summed E-state index contributed by atoms with van der Waals surface area (Å²) in [4.78, 5) is 11.9. The number of halogens is 2. The largest absolute Gasteiger partial charge is 0.481 e. The fraction of sp³-hybridized carbons (Fsp3) is 0.409. The van der Waals surface area contributed by atoms with Crippen molar-refractivity contribution in [2.45, 2.75) is 52.7 Å². The van der Waals surface area contributed by atoms with Gasteiger partial charge in [0.15, 0.2) is 6.10 Å². The maximum Gasteiger partial charge on any atom is 0.284 e. The summed E-state index contributed by atoms with van der Waals surface area (Å²) in [5.74, 6) is -0.840. The number of rotatable bonds is 10. The van der Waals surface area contributed by atoms with Crippen LogP contribution >= 0.6 is 0 Å². The molecular formula is C22H27F2NO4. The van der Waals surface area contributed by atoms with Crippen LogP contribution in [0.4, 0.5) is 8.78 Å². The van der Waals surface area contributed by atoms with Crippen LogP contribution in [0.3, 0.4) is 0 Å². The van der Waals surface area contributed by atoms with Crippen molar-refractivity contribution < 1.29 is 28.3 Å². The lowest BCUT2D eigenvalue weighted by molar-refractivity contribution is -0.136. The Morgan fingerprint density at radius 3 is 2.38 bits per heavy atom. The molecule has 1 amide bonds. The van der Waals surface area contributed by atoms with E-state index in [1.165, 1.54) is 18.2 Å². The predicted octanol–water partition coefficient (Wildman–Crippen LogP) is 4.53. The highest BCUT2D eigenvalue weighted by atomic mass is 19.1. The zero-order valence-electron chi connectivity index (χ0n) is 16.9. The van der Waals surface area contributed by atoms with E-state index in [1.54, 1.807) is 38.4 Å². The van der Waals surface area contributed by atoms with Crippen LogP contribution < -0.4 is 10.2 Å². The Kier molecular flexibility index (Phi) is 8.54. The van der Waals surface area contributed by atoms with Crippen LogP contribution in [0.5, 0.6) is 5.75 Å². The SMILES string of the molecule is Cc1cc(COCCCC[C@@H](Oc2cc(C)c(F)c(C)c2)C(=O)NO)ccc1F. The molecule has 0 radical (unpaired) electrons. The number of ether oxygens (including phenoxy) is 2. The van der Waals surface area contributed by atoms with Gasteiger partial charge in [0, 0.05) is 6.61 Å². The molecule has 0 bridgehead atoms. The summed E-state index contributed by atoms with van der Waals surface area (Å²) < 4.78 is 38.3. The number of aryl methyl sites for hydroxylation is 3. The summed E-state index contributed by atoms with van der Waals surface area (Å²) in [6.45, 7) is 5.80. The third-order valence-electron chi connectivity index (χ3n) is 4.59. The molecule has 0 saturated heterocycles. The van der Waals surface area contributed by atoms with E-state index >= 15 is 0 Å². The first kappa shape index (κ1) is 22.8. The zero-order valence-corrected chi connectivity index (χ0v) is 16.9. The van der Waals surface area contributed by atoms with Gasteiger partial charge in [-0.2, -0.15) is 0 Å². The van der Waals surface area contributed by atoms with Gasteiger partial charge >= 0.3 is 0 Å². The van der Waals surface area contributed by atoms with E-state index in [-0.39, 0.29) is 11.6 Å². The second kappa shape index (κ2) is 10.9. The highest BCUT2D eigenvalue weighted by Crippen LogP contribution is 2.22. The van der Waals surface area contributed by atoms with Crippen molar-refractivity contribution in [2.24, 2.45) is 0 Å². The standard InChI is InChI=1S/C22H27F2NO4/c1-14-10-17(7-8-19(14)23)13-28-9-5-4-6-20(22(26)25-27)29-18-11-15(2)21(24)16(3)12-18/h7-8,10-12,20,27H,4-6,9,13H2,1-3H3,(H,25,26)/t20-/m1/s1. The van der Waals surface area contributed by atoms with Crippen LogP contribution in [-0.4, -0.2) is 23.8 Å². The van der Waals surface area contributed by atoms with E-state index < -0.39 is 12.0 Å². The molecule has 0 saturated carbocycles. The number of carbonyl (C=O) groups excluding carboxylic acids is 1. The molecule has 0 aliphatic heterocycles. The molecule has 2 N–H and O–H groups in total. The topological polar surface area (TPSA) is 67.8 Å². The van der Waals surface area contributed by atoms with Crippen molar-refractivity contribution in [1.29, 1.82) is 0 Å². The lowest BCUT2D eigenvalue weighted by Crippen LogP contribution is -2.36. The quantitative estimate of drug-likeness (QED) is 0.345. The smallest absolute Gasteiger partial charge is 0.284 e. The fourth-order valence-electron chi connectivity index (χ4n) is 2.97. The second-order valence-corrected chi connectivity index (χ2v) is 7.09. The average molecular weight is 407 g/mol. The fourth-order valence-corrected chi connectivity index (χ4v) is 2.97. The summed E-state index contributed by atoms with van der Waals surface area (Å²) in [5.41, 5.74) is 3.93. The summed E-state index contributed by atoms with van der Waals surface area (Å²) in [7, 11) is 0. The van der Waals surface area contributed by atoms with Crippen molar-refractivity contribution in [1.82, 2.24) is 5.48 Å². The van der Waals surface area contributed by atoms with Gasteiger partial charge in [0.25, 0.3) is 5.91 Å². The maximum atomic E-state index is 13.8. The molecule has 0 heterocycles. The van der Waals surface area contributed by atoms with Gasteiger partial charge < -0.3 is 9.47 Å². The number of hydroxylamine groups is 1. The monoisotopic (exact) mass is 407 g/mol. The summed E-state index contributed by atoms with van der Waals surface area (Å²) >= 11 is 0. The molecule has 0 aliphatic carbocycles. The Hall–Kier alpha value is -2.51. The molecule has 7 heteroatoms. The van der Waals surface area contributed by atoms with Crippen LogP contribution in [-0.2, 0) is 16.1 Å². The second-order valence-electron chi connectivity index (χ2n) is 7.09. The number of nitrogens with one attached hydrogen (secondary N) is 1. The van der Waals surface area contributed by atoms with Crippen molar-refractivity contribution in [3.05, 3.63) is 64.2 Å². The van der Waals surface area contributed by atoms with E-state index in [0.29, 0.717) is 54.9 Å². The summed E-state index contributed by atoms with van der Waals surface area (Å²) in [6, 6.07) is 7.89. The third kappa shape index (κ3) is 6.80. The molecule has 158 valence electrons. The number of benzene rings is 2. The molecular weight excluding hydrogens is 380 g/mol. The lowest BCUT2D eigenvalue weighted by Gasteiger charge is -2.18. The van der Waals surface area contributed by atoms with Gasteiger partial charge in [-0.25, -0.2) is 14.3 Å². The molecule has 29 heavy (non-hydrogen) atoms. The van der Waals surface area contributed by atoms with Gasteiger partial charge in [-0.1, -0.05) is 12.1 Å². The van der Waals surface area contributed by atoms with Gasteiger partial charge in [-0.05, 0) is 80.5 Å². The number of hydrogen-bond donors (Lipinski definition) is 2. The molecule has 0 fully saturated rings. The highest BCUT2D eigenvalue weighted by Gasteiger charge is 2.20. The first-order valence-corrected chi connectivity index (χ1v) is 9.52. The Morgan fingerprint density at radius 1 is 1.07 bits per heavy atom. The Morgan fingerprint density at radius 2 is 1.76 bits per heavy atom. The molecule has 2 aromatic carbocycles. The Labute approximate surface area is 169 Å². The summed E-state index contributed by atoms with van der Waals surface area (Å²) in [6.07, 6.45) is 0.768. The van der Waals surface area contributed by atoms with E-state index in [9.17, 15) is 13.6 Å². The number of hydrogen-bond acceptors (Lipinski definition) is 4. The minimum Gasteiger partial charge on any atom is -0.481 e. The molecule has 0 unspecified atom stereocenters. The Balaban J connectivity index is 1.80. The van der Waals surface area contributed by atoms with E-state index in [4.69, 9.17) is 14.7 Å². The van der Waals surface area contributed by atoms with Gasteiger partial charge in [0.05, 0.1) is 6.61 Å².